The van der Waals surface area contributed by atoms with Crippen LogP contribution in [0.1, 0.15) is 33.3 Å². The predicted octanol–water partition coefficient (Wildman–Crippen LogP) is 4.73. The summed E-state index contributed by atoms with van der Waals surface area (Å²) in [6.07, 6.45) is 0. The summed E-state index contributed by atoms with van der Waals surface area (Å²) in [5.41, 5.74) is 4.95. The molecule has 1 aromatic heterocycles. The summed E-state index contributed by atoms with van der Waals surface area (Å²) in [6.45, 7) is 9.31. The molecule has 2 heterocycles. The quantitative estimate of drug-likeness (QED) is 0.580. The van der Waals surface area contributed by atoms with Gasteiger partial charge in [0.05, 0.1) is 16.6 Å². The Morgan fingerprint density at radius 2 is 1.52 bits per heavy atom. The van der Waals surface area contributed by atoms with Crippen molar-refractivity contribution in [1.29, 1.82) is 0 Å². The number of benzene rings is 2. The average Bonchev–Trinajstić information content (AvgIpc) is 2.86. The molecule has 21 heavy (non-hydrogen) atoms. The monoisotopic (exact) mass is 276 g/mol. The summed E-state index contributed by atoms with van der Waals surface area (Å²) in [4.78, 5) is 4.92. The van der Waals surface area contributed by atoms with Gasteiger partial charge >= 0.3 is 0 Å². The molecule has 2 nitrogen and oxygen atoms in total. The Labute approximate surface area is 125 Å². The first-order valence-electron chi connectivity index (χ1n) is 7.52. The fourth-order valence-electron chi connectivity index (χ4n) is 3.60. The van der Waals surface area contributed by atoms with Crippen LogP contribution in [-0.4, -0.2) is 9.55 Å². The van der Waals surface area contributed by atoms with Gasteiger partial charge in [-0.05, 0) is 31.5 Å². The maximum Gasteiger partial charge on any atom is 0.141 e. The zero-order valence-electron chi connectivity index (χ0n) is 13.0. The van der Waals surface area contributed by atoms with Gasteiger partial charge in [-0.3, -0.25) is 0 Å². The van der Waals surface area contributed by atoms with Crippen molar-refractivity contribution >= 4 is 11.0 Å². The van der Waals surface area contributed by atoms with Crippen molar-refractivity contribution in [2.24, 2.45) is 0 Å². The van der Waals surface area contributed by atoms with Crippen molar-refractivity contribution in [3.8, 4) is 11.4 Å². The minimum atomic E-state index is -0.0349. The van der Waals surface area contributed by atoms with Gasteiger partial charge < -0.3 is 4.57 Å². The highest BCUT2D eigenvalue weighted by atomic mass is 15.2. The molecule has 1 aliphatic rings. The summed E-state index contributed by atoms with van der Waals surface area (Å²) >= 11 is 0. The Morgan fingerprint density at radius 3 is 2.33 bits per heavy atom. The molecule has 0 bridgehead atoms. The first-order chi connectivity index (χ1) is 9.94. The van der Waals surface area contributed by atoms with Gasteiger partial charge in [0.15, 0.2) is 0 Å². The van der Waals surface area contributed by atoms with Crippen LogP contribution in [0.5, 0.6) is 0 Å². The van der Waals surface area contributed by atoms with Crippen molar-refractivity contribution < 1.29 is 0 Å². The Kier molecular flexibility index (Phi) is 2.26. The van der Waals surface area contributed by atoms with E-state index in [9.17, 15) is 0 Å². The number of imidazole rings is 1. The Balaban J connectivity index is 2.21. The van der Waals surface area contributed by atoms with Gasteiger partial charge in [-0.25, -0.2) is 4.98 Å². The van der Waals surface area contributed by atoms with E-state index in [1.54, 1.807) is 0 Å². The normalized spacial score (nSPS) is 18.3. The Bertz CT molecular complexity index is 853. The molecule has 0 amide bonds. The summed E-state index contributed by atoms with van der Waals surface area (Å²) in [7, 11) is 0. The maximum absolute atomic E-state index is 4.92. The van der Waals surface area contributed by atoms with E-state index in [0.717, 1.165) is 11.3 Å². The number of rotatable bonds is 0. The number of fused-ring (bicyclic) bond motifs is 5. The van der Waals surface area contributed by atoms with Gasteiger partial charge in [-0.1, -0.05) is 50.2 Å². The second-order valence-corrected chi connectivity index (χ2v) is 6.99. The summed E-state index contributed by atoms with van der Waals surface area (Å²) < 4.78 is 2.42. The highest BCUT2D eigenvalue weighted by Gasteiger charge is 2.46. The minimum absolute atomic E-state index is 0.0349. The number of para-hydroxylation sites is 2. The molecular formula is C19H20N2. The van der Waals surface area contributed by atoms with Crippen LogP contribution >= 0.6 is 0 Å². The van der Waals surface area contributed by atoms with Crippen LogP contribution in [-0.2, 0) is 11.0 Å². The van der Waals surface area contributed by atoms with E-state index in [4.69, 9.17) is 4.98 Å². The largest absolute Gasteiger partial charge is 0.317 e. The lowest BCUT2D eigenvalue weighted by atomic mass is 9.66. The first-order valence-corrected chi connectivity index (χ1v) is 7.52. The van der Waals surface area contributed by atoms with Crippen molar-refractivity contribution in [2.45, 2.75) is 38.6 Å². The molecule has 4 rings (SSSR count). The minimum Gasteiger partial charge on any atom is -0.317 e. The zero-order valence-corrected chi connectivity index (χ0v) is 13.0. The molecule has 0 radical (unpaired) electrons. The van der Waals surface area contributed by atoms with Gasteiger partial charge in [-0.15, -0.1) is 0 Å². The zero-order chi connectivity index (χ0) is 14.8. The molecule has 0 saturated carbocycles. The second-order valence-electron chi connectivity index (χ2n) is 6.99. The number of nitrogens with zero attached hydrogens (tertiary/aromatic N) is 2. The van der Waals surface area contributed by atoms with Gasteiger partial charge in [0.2, 0.25) is 0 Å². The van der Waals surface area contributed by atoms with E-state index in [-0.39, 0.29) is 11.0 Å². The third-order valence-corrected chi connectivity index (χ3v) is 5.49. The molecule has 0 atom stereocenters. The molecule has 3 aromatic rings. The molecule has 0 saturated heterocycles. The van der Waals surface area contributed by atoms with Crippen LogP contribution in [0.15, 0.2) is 48.5 Å². The molecule has 106 valence electrons. The molecule has 0 unspecified atom stereocenters. The topological polar surface area (TPSA) is 17.8 Å². The number of hydrogen-bond donors (Lipinski definition) is 0. The predicted molar refractivity (Wildman–Crippen MR) is 87.5 cm³/mol. The standard InChI is InChI=1S/C19H20N2/c1-18(2)14-10-6-5-9-13(14)17-20-15-11-7-8-12-16(15)21(17)19(18,3)4/h5-12H,1-4H3. The fraction of sp³-hybridized carbons (Fsp3) is 0.316. The number of aromatic nitrogens is 2. The molecule has 2 heteroatoms. The van der Waals surface area contributed by atoms with E-state index >= 15 is 0 Å². The average molecular weight is 276 g/mol. The van der Waals surface area contributed by atoms with Crippen LogP contribution in [0.2, 0.25) is 0 Å². The van der Waals surface area contributed by atoms with Crippen LogP contribution in [0.3, 0.4) is 0 Å². The lowest BCUT2D eigenvalue weighted by Crippen LogP contribution is -2.48. The van der Waals surface area contributed by atoms with E-state index in [1.807, 2.05) is 0 Å². The molecular weight excluding hydrogens is 256 g/mol. The van der Waals surface area contributed by atoms with Crippen molar-refractivity contribution in [3.63, 3.8) is 0 Å². The third kappa shape index (κ3) is 1.40. The lowest BCUT2D eigenvalue weighted by molar-refractivity contribution is 0.202. The molecule has 2 aromatic carbocycles. The highest BCUT2D eigenvalue weighted by molar-refractivity contribution is 5.83. The lowest BCUT2D eigenvalue weighted by Gasteiger charge is -2.48. The smallest absolute Gasteiger partial charge is 0.141 e. The molecule has 0 aliphatic carbocycles. The van der Waals surface area contributed by atoms with Crippen LogP contribution < -0.4 is 0 Å². The highest BCUT2D eigenvalue weighted by Crippen LogP contribution is 2.50. The summed E-state index contributed by atoms with van der Waals surface area (Å²) in [6, 6.07) is 17.1. The van der Waals surface area contributed by atoms with Gasteiger partial charge in [-0.2, -0.15) is 0 Å². The Morgan fingerprint density at radius 1 is 0.857 bits per heavy atom. The van der Waals surface area contributed by atoms with E-state index in [0.29, 0.717) is 0 Å². The van der Waals surface area contributed by atoms with Gasteiger partial charge in [0.1, 0.15) is 5.82 Å². The van der Waals surface area contributed by atoms with Gasteiger partial charge in [0.25, 0.3) is 0 Å². The van der Waals surface area contributed by atoms with Gasteiger partial charge in [0, 0.05) is 11.0 Å². The first kappa shape index (κ1) is 12.6. The molecule has 0 N–H and O–H groups in total. The molecule has 0 spiro atoms. The Hall–Kier alpha value is -2.09. The molecule has 0 fully saturated rings. The van der Waals surface area contributed by atoms with Crippen LogP contribution in [0.4, 0.5) is 0 Å². The van der Waals surface area contributed by atoms with E-state index in [2.05, 4.69) is 80.8 Å². The summed E-state index contributed by atoms with van der Waals surface area (Å²) in [5, 5.41) is 0. The summed E-state index contributed by atoms with van der Waals surface area (Å²) in [5.74, 6) is 1.09. The molecule has 1 aliphatic heterocycles. The second kappa shape index (κ2) is 3.76. The van der Waals surface area contributed by atoms with Crippen LogP contribution in [0, 0.1) is 0 Å². The van der Waals surface area contributed by atoms with Crippen molar-refractivity contribution in [2.75, 3.05) is 0 Å². The third-order valence-electron chi connectivity index (χ3n) is 5.49. The SMILES string of the molecule is CC1(C)c2ccccc2-c2nc3ccccc3n2C1(C)C. The van der Waals surface area contributed by atoms with Crippen molar-refractivity contribution in [3.05, 3.63) is 54.1 Å². The maximum atomic E-state index is 4.92. The fourth-order valence-corrected chi connectivity index (χ4v) is 3.60. The van der Waals surface area contributed by atoms with E-state index < -0.39 is 0 Å². The number of hydrogen-bond acceptors (Lipinski definition) is 1. The van der Waals surface area contributed by atoms with E-state index in [1.165, 1.54) is 16.6 Å². The van der Waals surface area contributed by atoms with Crippen LogP contribution in [0.25, 0.3) is 22.4 Å². The van der Waals surface area contributed by atoms with Crippen molar-refractivity contribution in [1.82, 2.24) is 9.55 Å².